The minimum Gasteiger partial charge on any atom is -0.328 e. The van der Waals surface area contributed by atoms with Crippen LogP contribution in [0.3, 0.4) is 0 Å². The molecule has 0 bridgehead atoms. The minimum absolute atomic E-state index is 0.438. The first-order valence-electron chi connectivity index (χ1n) is 8.76. The molecule has 0 spiro atoms. The highest BCUT2D eigenvalue weighted by molar-refractivity contribution is 5.14. The van der Waals surface area contributed by atoms with Gasteiger partial charge in [0.1, 0.15) is 0 Å². The van der Waals surface area contributed by atoms with Gasteiger partial charge in [-0.3, -0.25) is 4.90 Å². The van der Waals surface area contributed by atoms with Crippen molar-refractivity contribution in [1.82, 2.24) is 4.90 Å². The first kappa shape index (κ1) is 16.5. The van der Waals surface area contributed by atoms with E-state index < -0.39 is 0 Å². The summed E-state index contributed by atoms with van der Waals surface area (Å²) < 4.78 is 0. The van der Waals surface area contributed by atoms with Crippen molar-refractivity contribution in [2.45, 2.75) is 71.0 Å². The zero-order chi connectivity index (χ0) is 15.1. The number of rotatable bonds is 7. The molecule has 0 radical (unpaired) electrons. The van der Waals surface area contributed by atoms with E-state index in [1.165, 1.54) is 50.6 Å². The summed E-state index contributed by atoms with van der Waals surface area (Å²) in [5.74, 6) is 0.823. The van der Waals surface area contributed by atoms with Crippen LogP contribution in [0.5, 0.6) is 0 Å². The number of hydrogen-bond acceptors (Lipinski definition) is 2. The van der Waals surface area contributed by atoms with Gasteiger partial charge >= 0.3 is 0 Å². The Morgan fingerprint density at radius 1 is 1.05 bits per heavy atom. The van der Waals surface area contributed by atoms with E-state index in [-0.39, 0.29) is 0 Å². The van der Waals surface area contributed by atoms with Gasteiger partial charge < -0.3 is 5.73 Å². The molecule has 0 amide bonds. The zero-order valence-electron chi connectivity index (χ0n) is 13.8. The van der Waals surface area contributed by atoms with E-state index in [9.17, 15) is 0 Å². The number of benzene rings is 1. The predicted molar refractivity (Wildman–Crippen MR) is 91.2 cm³/mol. The number of nitrogens with two attached hydrogens (primary N) is 1. The van der Waals surface area contributed by atoms with E-state index >= 15 is 0 Å². The van der Waals surface area contributed by atoms with Gasteiger partial charge in [0.05, 0.1) is 0 Å². The molecule has 1 aromatic carbocycles. The maximum Gasteiger partial charge on any atom is 0.0236 e. The van der Waals surface area contributed by atoms with Crippen molar-refractivity contribution >= 4 is 0 Å². The van der Waals surface area contributed by atoms with Crippen LogP contribution in [-0.2, 0) is 6.54 Å². The van der Waals surface area contributed by atoms with Crippen molar-refractivity contribution in [1.29, 1.82) is 0 Å². The van der Waals surface area contributed by atoms with Crippen LogP contribution in [0.25, 0.3) is 0 Å². The third-order valence-electron chi connectivity index (χ3n) is 5.13. The van der Waals surface area contributed by atoms with Crippen LogP contribution >= 0.6 is 0 Å². The summed E-state index contributed by atoms with van der Waals surface area (Å²) in [6.45, 7) is 6.98. The maximum atomic E-state index is 6.08. The molecule has 21 heavy (non-hydrogen) atoms. The maximum absolute atomic E-state index is 6.08. The van der Waals surface area contributed by atoms with E-state index in [2.05, 4.69) is 49.1 Å². The van der Waals surface area contributed by atoms with Crippen molar-refractivity contribution in [2.24, 2.45) is 11.7 Å². The van der Waals surface area contributed by atoms with Crippen LogP contribution in [0, 0.1) is 5.92 Å². The van der Waals surface area contributed by atoms with Gasteiger partial charge in [0, 0.05) is 25.2 Å². The lowest BCUT2D eigenvalue weighted by molar-refractivity contribution is 0.117. The summed E-state index contributed by atoms with van der Waals surface area (Å²) in [5.41, 5.74) is 7.53. The third kappa shape index (κ3) is 5.12. The Bertz CT molecular complexity index is 378. The molecule has 1 aromatic rings. The summed E-state index contributed by atoms with van der Waals surface area (Å²) in [6.07, 6.45) is 7.50. The molecule has 1 saturated carbocycles. The second-order valence-electron chi connectivity index (χ2n) is 6.67. The van der Waals surface area contributed by atoms with Gasteiger partial charge in [-0.25, -0.2) is 0 Å². The summed E-state index contributed by atoms with van der Waals surface area (Å²) in [6, 6.07) is 12.1. The van der Waals surface area contributed by atoms with Crippen LogP contribution in [0.15, 0.2) is 30.3 Å². The van der Waals surface area contributed by atoms with E-state index in [1.54, 1.807) is 0 Å². The average Bonchev–Trinajstić information content (AvgIpc) is 2.53. The Morgan fingerprint density at radius 2 is 1.67 bits per heavy atom. The zero-order valence-corrected chi connectivity index (χ0v) is 13.8. The molecular formula is C19H32N2. The highest BCUT2D eigenvalue weighted by Crippen LogP contribution is 2.25. The lowest BCUT2D eigenvalue weighted by atomic mass is 9.89. The van der Waals surface area contributed by atoms with Gasteiger partial charge in [0.2, 0.25) is 0 Å². The van der Waals surface area contributed by atoms with Crippen molar-refractivity contribution in [3.8, 4) is 0 Å². The molecule has 1 aliphatic rings. The molecule has 1 fully saturated rings. The number of hydrogen-bond donors (Lipinski definition) is 1. The number of nitrogens with zero attached hydrogens (tertiary/aromatic N) is 1. The molecule has 0 atom stereocenters. The smallest absolute Gasteiger partial charge is 0.0236 e. The quantitative estimate of drug-likeness (QED) is 0.815. The Hall–Kier alpha value is -0.860. The third-order valence-corrected chi connectivity index (χ3v) is 5.13. The fourth-order valence-electron chi connectivity index (χ4n) is 3.51. The van der Waals surface area contributed by atoms with Crippen LogP contribution < -0.4 is 5.73 Å². The summed E-state index contributed by atoms with van der Waals surface area (Å²) >= 11 is 0. The van der Waals surface area contributed by atoms with Gasteiger partial charge in [-0.2, -0.15) is 0 Å². The molecule has 0 heterocycles. The van der Waals surface area contributed by atoms with Gasteiger partial charge in [-0.05, 0) is 37.2 Å². The molecule has 2 nitrogen and oxygen atoms in total. The van der Waals surface area contributed by atoms with E-state index in [1.807, 2.05) is 0 Å². The molecular weight excluding hydrogens is 256 g/mol. The Morgan fingerprint density at radius 3 is 2.24 bits per heavy atom. The standard InChI is InChI=1S/C19H32N2/c1-3-16(4-2)14-21(15-17-8-6-5-7-9-17)19-12-10-18(20)11-13-19/h5-9,16,18-19H,3-4,10-15,20H2,1-2H3. The Balaban J connectivity index is 2.02. The predicted octanol–water partition coefficient (Wildman–Crippen LogP) is 4.19. The van der Waals surface area contributed by atoms with Crippen molar-refractivity contribution < 1.29 is 0 Å². The summed E-state index contributed by atoms with van der Waals surface area (Å²) in [5, 5.41) is 0. The van der Waals surface area contributed by atoms with Crippen molar-refractivity contribution in [3.05, 3.63) is 35.9 Å². The molecule has 1 aliphatic carbocycles. The summed E-state index contributed by atoms with van der Waals surface area (Å²) in [7, 11) is 0. The highest BCUT2D eigenvalue weighted by atomic mass is 15.2. The van der Waals surface area contributed by atoms with Gasteiger partial charge in [0.15, 0.2) is 0 Å². The lowest BCUT2D eigenvalue weighted by Crippen LogP contribution is -2.42. The molecule has 2 N–H and O–H groups in total. The topological polar surface area (TPSA) is 29.3 Å². The SMILES string of the molecule is CCC(CC)CN(Cc1ccccc1)C1CCC(N)CC1. The highest BCUT2D eigenvalue weighted by Gasteiger charge is 2.25. The van der Waals surface area contributed by atoms with Crippen molar-refractivity contribution in [3.63, 3.8) is 0 Å². The molecule has 2 heteroatoms. The van der Waals surface area contributed by atoms with E-state index in [0.29, 0.717) is 6.04 Å². The van der Waals surface area contributed by atoms with Gasteiger partial charge in [0.25, 0.3) is 0 Å². The minimum atomic E-state index is 0.438. The molecule has 0 aliphatic heterocycles. The monoisotopic (exact) mass is 288 g/mol. The normalized spacial score (nSPS) is 22.9. The molecule has 2 rings (SSSR count). The summed E-state index contributed by atoms with van der Waals surface area (Å²) in [4.78, 5) is 2.74. The fourth-order valence-corrected chi connectivity index (χ4v) is 3.51. The van der Waals surface area contributed by atoms with Crippen LogP contribution in [-0.4, -0.2) is 23.5 Å². The second kappa shape index (κ2) is 8.55. The largest absolute Gasteiger partial charge is 0.328 e. The molecule has 0 unspecified atom stereocenters. The van der Waals surface area contributed by atoms with Gasteiger partial charge in [-0.15, -0.1) is 0 Å². The van der Waals surface area contributed by atoms with Gasteiger partial charge in [-0.1, -0.05) is 57.0 Å². The van der Waals surface area contributed by atoms with Crippen molar-refractivity contribution in [2.75, 3.05) is 6.54 Å². The molecule has 0 aromatic heterocycles. The Labute approximate surface area is 130 Å². The first-order chi connectivity index (χ1) is 10.2. The van der Waals surface area contributed by atoms with Crippen LogP contribution in [0.4, 0.5) is 0 Å². The van der Waals surface area contributed by atoms with Crippen LogP contribution in [0.1, 0.15) is 57.9 Å². The Kier molecular flexibility index (Phi) is 6.72. The average molecular weight is 288 g/mol. The fraction of sp³-hybridized carbons (Fsp3) is 0.684. The second-order valence-corrected chi connectivity index (χ2v) is 6.67. The molecule has 0 saturated heterocycles. The van der Waals surface area contributed by atoms with E-state index in [4.69, 9.17) is 5.73 Å². The van der Waals surface area contributed by atoms with E-state index in [0.717, 1.165) is 18.5 Å². The lowest BCUT2D eigenvalue weighted by Gasteiger charge is -2.38. The molecule has 118 valence electrons. The van der Waals surface area contributed by atoms with Crippen LogP contribution in [0.2, 0.25) is 0 Å². The first-order valence-corrected chi connectivity index (χ1v) is 8.76.